The predicted octanol–water partition coefficient (Wildman–Crippen LogP) is 4.53. The van der Waals surface area contributed by atoms with E-state index in [1.807, 2.05) is 24.4 Å². The number of anilines is 1. The molecule has 0 saturated carbocycles. The number of halogens is 1. The Morgan fingerprint density at radius 3 is 2.55 bits per heavy atom. The van der Waals surface area contributed by atoms with Crippen LogP contribution in [0.5, 0.6) is 5.75 Å². The van der Waals surface area contributed by atoms with Gasteiger partial charge in [-0.15, -0.1) is 11.3 Å². The minimum atomic E-state index is -3.98. The zero-order valence-electron chi connectivity index (χ0n) is 15.5. The number of benzene rings is 2. The molecule has 0 aliphatic rings. The van der Waals surface area contributed by atoms with Crippen LogP contribution in [-0.2, 0) is 16.6 Å². The Morgan fingerprint density at radius 2 is 1.90 bits per heavy atom. The van der Waals surface area contributed by atoms with Gasteiger partial charge in [-0.05, 0) is 60.8 Å². The lowest BCUT2D eigenvalue weighted by molar-refractivity contribution is 0.0951. The Balaban J connectivity index is 1.77. The first-order chi connectivity index (χ1) is 13.9. The molecule has 0 atom stereocenters. The van der Waals surface area contributed by atoms with Crippen LogP contribution in [0.3, 0.4) is 0 Å². The zero-order chi connectivity index (χ0) is 20.9. The fourth-order valence-corrected chi connectivity index (χ4v) is 4.76. The molecule has 9 heteroatoms. The lowest BCUT2D eigenvalue weighted by atomic mass is 10.2. The zero-order valence-corrected chi connectivity index (χ0v) is 17.9. The third-order valence-corrected chi connectivity index (χ3v) is 6.64. The molecule has 0 saturated heterocycles. The summed E-state index contributed by atoms with van der Waals surface area (Å²) in [5.74, 6) is 0.255. The van der Waals surface area contributed by atoms with Crippen molar-refractivity contribution < 1.29 is 17.9 Å². The average molecular weight is 451 g/mol. The first kappa shape index (κ1) is 21.2. The van der Waals surface area contributed by atoms with Gasteiger partial charge in [-0.2, -0.15) is 0 Å². The summed E-state index contributed by atoms with van der Waals surface area (Å²) < 4.78 is 33.4. The van der Waals surface area contributed by atoms with Crippen molar-refractivity contribution in [1.82, 2.24) is 5.32 Å². The average Bonchev–Trinajstić information content (AvgIpc) is 3.21. The van der Waals surface area contributed by atoms with E-state index in [1.165, 1.54) is 29.5 Å². The van der Waals surface area contributed by atoms with Gasteiger partial charge in [0.25, 0.3) is 15.9 Å². The van der Waals surface area contributed by atoms with Crippen LogP contribution in [0, 0.1) is 0 Å². The van der Waals surface area contributed by atoms with Crippen LogP contribution >= 0.6 is 22.9 Å². The second-order valence-corrected chi connectivity index (χ2v) is 9.06. The van der Waals surface area contributed by atoms with Gasteiger partial charge in [-0.25, -0.2) is 8.42 Å². The maximum absolute atomic E-state index is 12.8. The first-order valence-electron chi connectivity index (χ1n) is 8.75. The minimum Gasteiger partial charge on any atom is -0.494 e. The summed E-state index contributed by atoms with van der Waals surface area (Å²) >= 11 is 7.63. The van der Waals surface area contributed by atoms with Gasteiger partial charge in [0.15, 0.2) is 0 Å². The van der Waals surface area contributed by atoms with Crippen molar-refractivity contribution in [3.63, 3.8) is 0 Å². The summed E-state index contributed by atoms with van der Waals surface area (Å²) in [4.78, 5) is 13.2. The molecule has 2 aromatic carbocycles. The highest BCUT2D eigenvalue weighted by Gasteiger charge is 2.20. The van der Waals surface area contributed by atoms with Crippen molar-refractivity contribution in [2.75, 3.05) is 11.3 Å². The Morgan fingerprint density at radius 1 is 1.14 bits per heavy atom. The summed E-state index contributed by atoms with van der Waals surface area (Å²) in [6.07, 6.45) is 0. The van der Waals surface area contributed by atoms with E-state index in [0.717, 1.165) is 4.88 Å². The first-order valence-corrected chi connectivity index (χ1v) is 11.5. The van der Waals surface area contributed by atoms with Crippen LogP contribution in [0.2, 0.25) is 5.02 Å². The van der Waals surface area contributed by atoms with Gasteiger partial charge in [0.05, 0.1) is 18.2 Å². The highest BCUT2D eigenvalue weighted by atomic mass is 35.5. The number of hydrogen-bond donors (Lipinski definition) is 2. The molecule has 0 unspecified atom stereocenters. The molecule has 1 heterocycles. The van der Waals surface area contributed by atoms with Crippen molar-refractivity contribution in [2.45, 2.75) is 18.4 Å². The molecule has 0 aliphatic heterocycles. The van der Waals surface area contributed by atoms with Gasteiger partial charge in [0.1, 0.15) is 10.6 Å². The van der Waals surface area contributed by atoms with Gasteiger partial charge < -0.3 is 10.1 Å². The SMILES string of the molecule is CCOc1ccc(NS(=O)(=O)c2cc(C(=O)NCc3cccs3)ccc2Cl)cc1. The maximum Gasteiger partial charge on any atom is 0.263 e. The molecule has 0 radical (unpaired) electrons. The van der Waals surface area contributed by atoms with E-state index in [-0.39, 0.29) is 21.4 Å². The topological polar surface area (TPSA) is 84.5 Å². The summed E-state index contributed by atoms with van der Waals surface area (Å²) in [7, 11) is -3.98. The van der Waals surface area contributed by atoms with Crippen LogP contribution in [0.15, 0.2) is 64.9 Å². The second kappa shape index (κ2) is 9.30. The quantitative estimate of drug-likeness (QED) is 0.528. The maximum atomic E-state index is 12.8. The van der Waals surface area contributed by atoms with Crippen LogP contribution in [0.25, 0.3) is 0 Å². The van der Waals surface area contributed by atoms with Crippen molar-refractivity contribution in [3.05, 3.63) is 75.4 Å². The third-order valence-electron chi connectivity index (χ3n) is 3.90. The number of ether oxygens (including phenoxy) is 1. The fraction of sp³-hybridized carbons (Fsp3) is 0.150. The number of carbonyl (C=O) groups is 1. The van der Waals surface area contributed by atoms with Crippen LogP contribution in [0.4, 0.5) is 5.69 Å². The van der Waals surface area contributed by atoms with Crippen LogP contribution < -0.4 is 14.8 Å². The van der Waals surface area contributed by atoms with E-state index in [9.17, 15) is 13.2 Å². The number of sulfonamides is 1. The summed E-state index contributed by atoms with van der Waals surface area (Å²) in [5.41, 5.74) is 0.565. The molecule has 0 aliphatic carbocycles. The summed E-state index contributed by atoms with van der Waals surface area (Å²) in [6.45, 7) is 2.75. The van der Waals surface area contributed by atoms with E-state index in [4.69, 9.17) is 16.3 Å². The van der Waals surface area contributed by atoms with Gasteiger partial charge in [-0.1, -0.05) is 17.7 Å². The number of amides is 1. The minimum absolute atomic E-state index is 0.0262. The van der Waals surface area contributed by atoms with Crippen molar-refractivity contribution >= 4 is 44.6 Å². The van der Waals surface area contributed by atoms with E-state index in [0.29, 0.717) is 24.6 Å². The molecule has 3 aromatic rings. The molecule has 1 amide bonds. The van der Waals surface area contributed by atoms with E-state index in [2.05, 4.69) is 10.0 Å². The molecule has 0 bridgehead atoms. The molecule has 0 fully saturated rings. The molecular formula is C20H19ClN2O4S2. The predicted molar refractivity (Wildman–Crippen MR) is 115 cm³/mol. The smallest absolute Gasteiger partial charge is 0.263 e. The summed E-state index contributed by atoms with van der Waals surface area (Å²) in [5, 5.41) is 4.71. The highest BCUT2D eigenvalue weighted by Crippen LogP contribution is 2.26. The van der Waals surface area contributed by atoms with Crippen molar-refractivity contribution in [1.29, 1.82) is 0 Å². The number of carbonyl (C=O) groups excluding carboxylic acids is 1. The van der Waals surface area contributed by atoms with Crippen LogP contribution in [0.1, 0.15) is 22.2 Å². The fourth-order valence-electron chi connectivity index (χ4n) is 2.53. The van der Waals surface area contributed by atoms with Crippen molar-refractivity contribution in [2.24, 2.45) is 0 Å². The molecule has 2 N–H and O–H groups in total. The van der Waals surface area contributed by atoms with Gasteiger partial charge in [0, 0.05) is 16.1 Å². The Hall–Kier alpha value is -2.55. The standard InChI is InChI=1S/C20H19ClN2O4S2/c1-2-27-16-8-6-15(7-9-16)23-29(25,26)19-12-14(5-10-18(19)21)20(24)22-13-17-4-3-11-28-17/h3-12,23H,2,13H2,1H3,(H,22,24). The Kier molecular flexibility index (Phi) is 6.79. The van der Waals surface area contributed by atoms with E-state index >= 15 is 0 Å². The Labute approximate surface area is 178 Å². The molecule has 3 rings (SSSR count). The van der Waals surface area contributed by atoms with E-state index < -0.39 is 10.0 Å². The Bertz CT molecular complexity index is 1080. The normalized spacial score (nSPS) is 11.1. The van der Waals surface area contributed by atoms with Crippen LogP contribution in [-0.4, -0.2) is 20.9 Å². The molecular weight excluding hydrogens is 432 g/mol. The van der Waals surface area contributed by atoms with E-state index in [1.54, 1.807) is 24.3 Å². The molecule has 6 nitrogen and oxygen atoms in total. The monoisotopic (exact) mass is 450 g/mol. The van der Waals surface area contributed by atoms with Crippen molar-refractivity contribution in [3.8, 4) is 5.75 Å². The van der Waals surface area contributed by atoms with Gasteiger partial charge in [0.2, 0.25) is 0 Å². The number of rotatable bonds is 8. The summed E-state index contributed by atoms with van der Waals surface area (Å²) in [6, 6.07) is 14.5. The van der Waals surface area contributed by atoms with Gasteiger partial charge in [-0.3, -0.25) is 9.52 Å². The lowest BCUT2D eigenvalue weighted by Gasteiger charge is -2.12. The molecule has 1 aromatic heterocycles. The third kappa shape index (κ3) is 5.50. The number of nitrogens with one attached hydrogen (secondary N) is 2. The molecule has 29 heavy (non-hydrogen) atoms. The molecule has 152 valence electrons. The highest BCUT2D eigenvalue weighted by molar-refractivity contribution is 7.92. The lowest BCUT2D eigenvalue weighted by Crippen LogP contribution is -2.23. The largest absolute Gasteiger partial charge is 0.494 e. The molecule has 0 spiro atoms. The second-order valence-electron chi connectivity index (χ2n) is 5.97. The number of hydrogen-bond acceptors (Lipinski definition) is 5. The van der Waals surface area contributed by atoms with Gasteiger partial charge >= 0.3 is 0 Å². The number of thiophene rings is 1.